The number of alkyl halides is 1. The van der Waals surface area contributed by atoms with Crippen molar-refractivity contribution in [2.45, 2.75) is 32.0 Å². The zero-order valence-corrected chi connectivity index (χ0v) is 8.20. The topological polar surface area (TPSA) is 26.0 Å². The Morgan fingerprint density at radius 3 is 2.75 bits per heavy atom. The van der Waals surface area contributed by atoms with Crippen LogP contribution in [0.3, 0.4) is 0 Å². The molecule has 1 nitrogen and oxygen atoms in total. The van der Waals surface area contributed by atoms with E-state index in [2.05, 4.69) is 0 Å². The maximum absolute atomic E-state index is 13.4. The van der Waals surface area contributed by atoms with E-state index in [0.29, 0.717) is 6.42 Å². The van der Waals surface area contributed by atoms with Gasteiger partial charge in [-0.05, 0) is 36.2 Å². The van der Waals surface area contributed by atoms with Crippen molar-refractivity contribution in [1.82, 2.24) is 0 Å². The molecule has 1 heterocycles. The van der Waals surface area contributed by atoms with Gasteiger partial charge in [-0.15, -0.1) is 0 Å². The fraction of sp³-hybridized carbons (Fsp3) is 0.556. The van der Waals surface area contributed by atoms with Crippen molar-refractivity contribution in [2.24, 2.45) is 5.73 Å². The van der Waals surface area contributed by atoms with E-state index in [0.717, 1.165) is 5.56 Å². The van der Waals surface area contributed by atoms with Crippen molar-refractivity contribution in [1.29, 1.82) is 0 Å². The molecular formula is C9H14FNS. The number of rotatable bonds is 3. The molecular weight excluding hydrogens is 173 g/mol. The standard InChI is InChI=1S/C9H14FNS/c1-9(2,11)8(10)5-7-3-4-12-6-7/h3-4,6,8H,5,11H2,1-2H3. The lowest BCUT2D eigenvalue weighted by atomic mass is 9.95. The van der Waals surface area contributed by atoms with E-state index in [4.69, 9.17) is 5.73 Å². The molecule has 0 radical (unpaired) electrons. The molecule has 0 aliphatic rings. The lowest BCUT2D eigenvalue weighted by Gasteiger charge is -2.23. The predicted octanol–water partition coefficient (Wildman–Crippen LogP) is 2.37. The summed E-state index contributed by atoms with van der Waals surface area (Å²) in [7, 11) is 0. The second kappa shape index (κ2) is 3.54. The van der Waals surface area contributed by atoms with Gasteiger partial charge >= 0.3 is 0 Å². The highest BCUT2D eigenvalue weighted by atomic mass is 32.1. The minimum absolute atomic E-state index is 0.424. The van der Waals surface area contributed by atoms with Crippen molar-refractivity contribution < 1.29 is 4.39 Å². The van der Waals surface area contributed by atoms with Crippen LogP contribution in [0.15, 0.2) is 16.8 Å². The quantitative estimate of drug-likeness (QED) is 0.772. The number of nitrogens with two attached hydrogens (primary N) is 1. The van der Waals surface area contributed by atoms with Gasteiger partial charge in [0.2, 0.25) is 0 Å². The Morgan fingerprint density at radius 2 is 2.33 bits per heavy atom. The number of halogens is 1. The summed E-state index contributed by atoms with van der Waals surface area (Å²) in [5, 5.41) is 3.91. The maximum Gasteiger partial charge on any atom is 0.121 e. The van der Waals surface area contributed by atoms with E-state index in [9.17, 15) is 4.39 Å². The van der Waals surface area contributed by atoms with E-state index in [1.807, 2.05) is 16.8 Å². The minimum Gasteiger partial charge on any atom is -0.323 e. The number of hydrogen-bond donors (Lipinski definition) is 1. The zero-order chi connectivity index (χ0) is 9.19. The molecule has 1 rings (SSSR count). The third-order valence-corrected chi connectivity index (χ3v) is 2.53. The third-order valence-electron chi connectivity index (χ3n) is 1.80. The van der Waals surface area contributed by atoms with Crippen LogP contribution in [0.5, 0.6) is 0 Å². The normalized spacial score (nSPS) is 14.7. The average molecular weight is 187 g/mol. The molecule has 0 fully saturated rings. The van der Waals surface area contributed by atoms with Crippen molar-refractivity contribution in [3.8, 4) is 0 Å². The second-order valence-electron chi connectivity index (χ2n) is 3.62. The van der Waals surface area contributed by atoms with Gasteiger partial charge < -0.3 is 5.73 Å². The number of hydrogen-bond acceptors (Lipinski definition) is 2. The van der Waals surface area contributed by atoms with Crippen LogP contribution in [0.4, 0.5) is 4.39 Å². The first-order chi connectivity index (χ1) is 5.50. The summed E-state index contributed by atoms with van der Waals surface area (Å²) < 4.78 is 13.4. The molecule has 2 N–H and O–H groups in total. The van der Waals surface area contributed by atoms with Crippen molar-refractivity contribution in [3.05, 3.63) is 22.4 Å². The third kappa shape index (κ3) is 2.57. The maximum atomic E-state index is 13.4. The van der Waals surface area contributed by atoms with Crippen LogP contribution in [0.1, 0.15) is 19.4 Å². The Balaban J connectivity index is 2.53. The van der Waals surface area contributed by atoms with Crippen molar-refractivity contribution in [2.75, 3.05) is 0 Å². The highest BCUT2D eigenvalue weighted by molar-refractivity contribution is 7.07. The molecule has 68 valence electrons. The van der Waals surface area contributed by atoms with E-state index < -0.39 is 11.7 Å². The van der Waals surface area contributed by atoms with E-state index in [1.54, 1.807) is 25.2 Å². The minimum atomic E-state index is -0.966. The summed E-state index contributed by atoms with van der Waals surface area (Å²) in [5.41, 5.74) is 5.92. The molecule has 0 aromatic carbocycles. The molecule has 12 heavy (non-hydrogen) atoms. The lowest BCUT2D eigenvalue weighted by Crippen LogP contribution is -2.43. The monoisotopic (exact) mass is 187 g/mol. The fourth-order valence-electron chi connectivity index (χ4n) is 0.879. The molecule has 0 spiro atoms. The summed E-state index contributed by atoms with van der Waals surface area (Å²) in [6.07, 6.45) is -0.542. The summed E-state index contributed by atoms with van der Waals surface area (Å²) in [6.45, 7) is 3.42. The van der Waals surface area contributed by atoms with E-state index in [-0.39, 0.29) is 0 Å². The molecule has 3 heteroatoms. The van der Waals surface area contributed by atoms with E-state index in [1.165, 1.54) is 0 Å². The SMILES string of the molecule is CC(C)(N)C(F)Cc1ccsc1. The van der Waals surface area contributed by atoms with Crippen LogP contribution in [0.25, 0.3) is 0 Å². The summed E-state index contributed by atoms with van der Waals surface area (Å²) >= 11 is 1.58. The van der Waals surface area contributed by atoms with Gasteiger partial charge in [-0.3, -0.25) is 0 Å². The van der Waals surface area contributed by atoms with Crippen LogP contribution in [0.2, 0.25) is 0 Å². The lowest BCUT2D eigenvalue weighted by molar-refractivity contribution is 0.218. The molecule has 1 unspecified atom stereocenters. The Kier molecular flexibility index (Phi) is 2.85. The largest absolute Gasteiger partial charge is 0.323 e. The molecule has 0 saturated heterocycles. The van der Waals surface area contributed by atoms with Gasteiger partial charge in [0.1, 0.15) is 6.17 Å². The van der Waals surface area contributed by atoms with E-state index >= 15 is 0 Å². The fourth-order valence-corrected chi connectivity index (χ4v) is 1.56. The predicted molar refractivity (Wildman–Crippen MR) is 51.2 cm³/mol. The highest BCUT2D eigenvalue weighted by Gasteiger charge is 2.24. The van der Waals surface area contributed by atoms with Crippen LogP contribution in [0, 0.1) is 0 Å². The van der Waals surface area contributed by atoms with Gasteiger partial charge in [-0.2, -0.15) is 11.3 Å². The first-order valence-electron chi connectivity index (χ1n) is 3.94. The van der Waals surface area contributed by atoms with Crippen molar-refractivity contribution >= 4 is 11.3 Å². The van der Waals surface area contributed by atoms with Gasteiger partial charge in [-0.25, -0.2) is 4.39 Å². The molecule has 0 aliphatic heterocycles. The summed E-state index contributed by atoms with van der Waals surface area (Å²) in [6, 6.07) is 1.93. The molecule has 0 amide bonds. The van der Waals surface area contributed by atoms with Crippen LogP contribution < -0.4 is 5.73 Å². The molecule has 1 atom stereocenters. The molecule has 0 aliphatic carbocycles. The first-order valence-corrected chi connectivity index (χ1v) is 4.88. The summed E-state index contributed by atoms with van der Waals surface area (Å²) in [4.78, 5) is 0. The second-order valence-corrected chi connectivity index (χ2v) is 4.40. The van der Waals surface area contributed by atoms with Gasteiger partial charge in [0.15, 0.2) is 0 Å². The highest BCUT2D eigenvalue weighted by Crippen LogP contribution is 2.17. The van der Waals surface area contributed by atoms with Gasteiger partial charge in [0.25, 0.3) is 0 Å². The Morgan fingerprint density at radius 1 is 1.67 bits per heavy atom. The molecule has 0 saturated carbocycles. The average Bonchev–Trinajstić information content (AvgIpc) is 2.37. The van der Waals surface area contributed by atoms with Crippen LogP contribution in [-0.2, 0) is 6.42 Å². The van der Waals surface area contributed by atoms with Gasteiger partial charge in [-0.1, -0.05) is 0 Å². The molecule has 1 aromatic heterocycles. The van der Waals surface area contributed by atoms with Gasteiger partial charge in [0.05, 0.1) is 0 Å². The summed E-state index contributed by atoms with van der Waals surface area (Å²) in [5.74, 6) is 0. The Hall–Kier alpha value is -0.410. The van der Waals surface area contributed by atoms with Crippen molar-refractivity contribution in [3.63, 3.8) is 0 Å². The Labute approximate surface area is 76.4 Å². The van der Waals surface area contributed by atoms with Gasteiger partial charge in [0, 0.05) is 12.0 Å². The Bertz CT molecular complexity index is 225. The first kappa shape index (κ1) is 9.68. The zero-order valence-electron chi connectivity index (χ0n) is 7.38. The molecule has 1 aromatic rings. The smallest absolute Gasteiger partial charge is 0.121 e. The van der Waals surface area contributed by atoms with Crippen LogP contribution in [-0.4, -0.2) is 11.7 Å². The molecule has 0 bridgehead atoms. The number of thiophene rings is 1. The van der Waals surface area contributed by atoms with Crippen LogP contribution >= 0.6 is 11.3 Å².